The molecule has 2 heterocycles. The summed E-state index contributed by atoms with van der Waals surface area (Å²) in [6.45, 7) is 0.593. The Kier molecular flexibility index (Phi) is 4.69. The zero-order valence-electron chi connectivity index (χ0n) is 11.7. The topological polar surface area (TPSA) is 42.4 Å². The molecule has 0 saturated carbocycles. The molecule has 1 aromatic heterocycles. The molecule has 0 spiro atoms. The van der Waals surface area contributed by atoms with Gasteiger partial charge in [0, 0.05) is 12.6 Å². The molecule has 1 aliphatic rings. The van der Waals surface area contributed by atoms with E-state index >= 15 is 0 Å². The number of piperidine rings is 1. The number of carbonyl (C=O) groups excluding carboxylic acids is 1. The first-order valence-electron chi connectivity index (χ1n) is 6.79. The number of halogens is 3. The monoisotopic (exact) mass is 302 g/mol. The lowest BCUT2D eigenvalue weighted by molar-refractivity contribution is -0.142. The molecule has 0 amide bonds. The van der Waals surface area contributed by atoms with E-state index in [-0.39, 0.29) is 24.2 Å². The van der Waals surface area contributed by atoms with Crippen molar-refractivity contribution in [1.82, 2.24) is 4.98 Å². The van der Waals surface area contributed by atoms with Gasteiger partial charge in [-0.05, 0) is 31.4 Å². The van der Waals surface area contributed by atoms with Gasteiger partial charge in [0.05, 0.1) is 13.5 Å². The summed E-state index contributed by atoms with van der Waals surface area (Å²) in [4.78, 5) is 16.9. The molecule has 4 nitrogen and oxygen atoms in total. The highest BCUT2D eigenvalue weighted by Gasteiger charge is 2.34. The van der Waals surface area contributed by atoms with E-state index in [1.165, 1.54) is 13.2 Å². The van der Waals surface area contributed by atoms with Gasteiger partial charge < -0.3 is 9.64 Å². The van der Waals surface area contributed by atoms with Crippen LogP contribution in [0.25, 0.3) is 0 Å². The van der Waals surface area contributed by atoms with Crippen LogP contribution in [0.4, 0.5) is 19.0 Å². The number of rotatable bonds is 3. The largest absolute Gasteiger partial charge is 0.469 e. The third kappa shape index (κ3) is 3.86. The minimum absolute atomic E-state index is 0.161. The van der Waals surface area contributed by atoms with E-state index in [1.807, 2.05) is 0 Å². The second-order valence-corrected chi connectivity index (χ2v) is 5.00. The summed E-state index contributed by atoms with van der Waals surface area (Å²) in [6, 6.07) is 3.67. The molecule has 0 aliphatic carbocycles. The van der Waals surface area contributed by atoms with Gasteiger partial charge in [0.15, 0.2) is 0 Å². The Labute approximate surface area is 120 Å². The number of pyridine rings is 1. The summed E-state index contributed by atoms with van der Waals surface area (Å²) < 4.78 is 42.9. The van der Waals surface area contributed by atoms with Crippen LogP contribution in [-0.4, -0.2) is 30.6 Å². The molecule has 1 saturated heterocycles. The zero-order chi connectivity index (χ0) is 15.5. The molecular formula is C14H17F3N2O2. The van der Waals surface area contributed by atoms with Crippen LogP contribution in [0.15, 0.2) is 18.2 Å². The molecule has 1 aromatic rings. The van der Waals surface area contributed by atoms with Crippen molar-refractivity contribution in [2.75, 3.05) is 18.6 Å². The van der Waals surface area contributed by atoms with Crippen molar-refractivity contribution < 1.29 is 22.7 Å². The standard InChI is InChI=1S/C14H17F3N2O2/c1-21-13(20)9-10-5-2-3-8-19(10)12-7-4-6-11(18-12)14(15,16)17/h4,6-7,10H,2-3,5,8-9H2,1H3. The lowest BCUT2D eigenvalue weighted by Gasteiger charge is -2.36. The first-order chi connectivity index (χ1) is 9.91. The molecule has 1 aliphatic heterocycles. The van der Waals surface area contributed by atoms with Gasteiger partial charge in [0.1, 0.15) is 11.5 Å². The zero-order valence-corrected chi connectivity index (χ0v) is 11.7. The van der Waals surface area contributed by atoms with Gasteiger partial charge in [-0.2, -0.15) is 13.2 Å². The van der Waals surface area contributed by atoms with E-state index in [9.17, 15) is 18.0 Å². The SMILES string of the molecule is COC(=O)CC1CCCCN1c1cccc(C(F)(F)F)n1. The summed E-state index contributed by atoms with van der Waals surface area (Å²) in [6.07, 6.45) is -1.75. The van der Waals surface area contributed by atoms with E-state index in [0.717, 1.165) is 25.3 Å². The van der Waals surface area contributed by atoms with E-state index in [0.29, 0.717) is 6.54 Å². The van der Waals surface area contributed by atoms with Crippen LogP contribution in [0.1, 0.15) is 31.4 Å². The number of hydrogen-bond donors (Lipinski definition) is 0. The van der Waals surface area contributed by atoms with Crippen molar-refractivity contribution in [2.24, 2.45) is 0 Å². The predicted octanol–water partition coefficient (Wildman–Crippen LogP) is 3.02. The molecule has 1 atom stereocenters. The lowest BCUT2D eigenvalue weighted by Crippen LogP contribution is -2.41. The summed E-state index contributed by atoms with van der Waals surface area (Å²) in [5, 5.41) is 0. The molecule has 0 aromatic carbocycles. The number of alkyl halides is 3. The lowest BCUT2D eigenvalue weighted by atomic mass is 9.99. The van der Waals surface area contributed by atoms with Gasteiger partial charge in [-0.25, -0.2) is 4.98 Å². The second kappa shape index (κ2) is 6.32. The highest BCUT2D eigenvalue weighted by atomic mass is 19.4. The van der Waals surface area contributed by atoms with Gasteiger partial charge in [-0.15, -0.1) is 0 Å². The average Bonchev–Trinajstić information content (AvgIpc) is 2.47. The summed E-state index contributed by atoms with van der Waals surface area (Å²) >= 11 is 0. The summed E-state index contributed by atoms with van der Waals surface area (Å²) in [5.41, 5.74) is -0.914. The van der Waals surface area contributed by atoms with Crippen molar-refractivity contribution in [3.63, 3.8) is 0 Å². The molecule has 2 rings (SSSR count). The Hall–Kier alpha value is -1.79. The predicted molar refractivity (Wildman–Crippen MR) is 70.9 cm³/mol. The fourth-order valence-electron chi connectivity index (χ4n) is 2.53. The highest BCUT2D eigenvalue weighted by molar-refractivity contribution is 5.70. The Morgan fingerprint density at radius 2 is 2.19 bits per heavy atom. The van der Waals surface area contributed by atoms with Crippen molar-refractivity contribution in [1.29, 1.82) is 0 Å². The minimum atomic E-state index is -4.47. The molecule has 116 valence electrons. The molecular weight excluding hydrogens is 285 g/mol. The Morgan fingerprint density at radius 1 is 1.43 bits per heavy atom. The van der Waals surface area contributed by atoms with Gasteiger partial charge in [0.2, 0.25) is 0 Å². The van der Waals surface area contributed by atoms with E-state index in [2.05, 4.69) is 9.72 Å². The first kappa shape index (κ1) is 15.6. The Balaban J connectivity index is 2.23. The second-order valence-electron chi connectivity index (χ2n) is 5.00. The van der Waals surface area contributed by atoms with Crippen molar-refractivity contribution in [3.8, 4) is 0 Å². The van der Waals surface area contributed by atoms with Crippen LogP contribution in [-0.2, 0) is 15.7 Å². The highest BCUT2D eigenvalue weighted by Crippen LogP contribution is 2.31. The van der Waals surface area contributed by atoms with E-state index in [1.54, 1.807) is 11.0 Å². The number of carbonyl (C=O) groups is 1. The van der Waals surface area contributed by atoms with Crippen molar-refractivity contribution in [3.05, 3.63) is 23.9 Å². The average molecular weight is 302 g/mol. The van der Waals surface area contributed by atoms with Crippen LogP contribution in [0.3, 0.4) is 0 Å². The normalized spacial score (nSPS) is 19.4. The fraction of sp³-hybridized carbons (Fsp3) is 0.571. The number of nitrogens with zero attached hydrogens (tertiary/aromatic N) is 2. The van der Waals surface area contributed by atoms with Gasteiger partial charge >= 0.3 is 12.1 Å². The van der Waals surface area contributed by atoms with E-state index in [4.69, 9.17) is 0 Å². The Morgan fingerprint density at radius 3 is 2.86 bits per heavy atom. The number of ether oxygens (including phenoxy) is 1. The number of methoxy groups -OCH3 is 1. The number of esters is 1. The van der Waals surface area contributed by atoms with E-state index < -0.39 is 11.9 Å². The molecule has 1 unspecified atom stereocenters. The van der Waals surface area contributed by atoms with Gasteiger partial charge in [0.25, 0.3) is 0 Å². The first-order valence-corrected chi connectivity index (χ1v) is 6.79. The van der Waals surface area contributed by atoms with Crippen LogP contribution in [0, 0.1) is 0 Å². The number of anilines is 1. The van der Waals surface area contributed by atoms with Crippen LogP contribution in [0.5, 0.6) is 0 Å². The number of aromatic nitrogens is 1. The molecule has 7 heteroatoms. The Bertz CT molecular complexity index is 505. The maximum Gasteiger partial charge on any atom is 0.433 e. The third-order valence-electron chi connectivity index (χ3n) is 3.58. The maximum atomic E-state index is 12.7. The van der Waals surface area contributed by atoms with Crippen LogP contribution >= 0.6 is 0 Å². The smallest absolute Gasteiger partial charge is 0.433 e. The van der Waals surface area contributed by atoms with Crippen LogP contribution in [0.2, 0.25) is 0 Å². The molecule has 1 fully saturated rings. The minimum Gasteiger partial charge on any atom is -0.469 e. The van der Waals surface area contributed by atoms with Gasteiger partial charge in [-0.3, -0.25) is 4.79 Å². The quantitative estimate of drug-likeness (QED) is 0.805. The molecule has 0 N–H and O–H groups in total. The van der Waals surface area contributed by atoms with Crippen molar-refractivity contribution in [2.45, 2.75) is 37.9 Å². The summed E-state index contributed by atoms with van der Waals surface area (Å²) in [7, 11) is 1.30. The molecule has 0 bridgehead atoms. The summed E-state index contributed by atoms with van der Waals surface area (Å²) in [5.74, 6) is -0.0997. The van der Waals surface area contributed by atoms with Crippen molar-refractivity contribution >= 4 is 11.8 Å². The molecule has 21 heavy (non-hydrogen) atoms. The van der Waals surface area contributed by atoms with Crippen LogP contribution < -0.4 is 4.90 Å². The number of hydrogen-bond acceptors (Lipinski definition) is 4. The van der Waals surface area contributed by atoms with Gasteiger partial charge in [-0.1, -0.05) is 6.07 Å². The third-order valence-corrected chi connectivity index (χ3v) is 3.58. The maximum absolute atomic E-state index is 12.7. The fourth-order valence-corrected chi connectivity index (χ4v) is 2.53. The molecule has 0 radical (unpaired) electrons.